The first-order valence-corrected chi connectivity index (χ1v) is 5.50. The standard InChI is InChI=1S/C12H21N3/c1-5-12-11(9-15(4)14-12)8-13-7-6-10(2)3/h9,13H,2,5-8H2,1,3-4H3. The van der Waals surface area contributed by atoms with Gasteiger partial charge in [-0.05, 0) is 26.3 Å². The van der Waals surface area contributed by atoms with Crippen LogP contribution in [0.5, 0.6) is 0 Å². The molecular weight excluding hydrogens is 186 g/mol. The zero-order chi connectivity index (χ0) is 11.3. The third-order valence-electron chi connectivity index (χ3n) is 2.37. The van der Waals surface area contributed by atoms with E-state index < -0.39 is 0 Å². The van der Waals surface area contributed by atoms with Crippen molar-refractivity contribution in [3.8, 4) is 0 Å². The van der Waals surface area contributed by atoms with Gasteiger partial charge in [0.25, 0.3) is 0 Å². The van der Waals surface area contributed by atoms with Crippen molar-refractivity contribution >= 4 is 0 Å². The first-order valence-electron chi connectivity index (χ1n) is 5.50. The highest BCUT2D eigenvalue weighted by Crippen LogP contribution is 2.06. The Morgan fingerprint density at radius 2 is 2.33 bits per heavy atom. The monoisotopic (exact) mass is 207 g/mol. The van der Waals surface area contributed by atoms with E-state index in [1.807, 2.05) is 11.7 Å². The molecule has 3 nitrogen and oxygen atoms in total. The Morgan fingerprint density at radius 3 is 2.93 bits per heavy atom. The lowest BCUT2D eigenvalue weighted by molar-refractivity contribution is 0.680. The van der Waals surface area contributed by atoms with Gasteiger partial charge < -0.3 is 5.32 Å². The third-order valence-corrected chi connectivity index (χ3v) is 2.37. The molecule has 0 unspecified atom stereocenters. The van der Waals surface area contributed by atoms with Crippen molar-refractivity contribution in [1.29, 1.82) is 0 Å². The molecule has 1 rings (SSSR count). The van der Waals surface area contributed by atoms with Crippen LogP contribution in [0.25, 0.3) is 0 Å². The molecule has 0 amide bonds. The Morgan fingerprint density at radius 1 is 1.60 bits per heavy atom. The van der Waals surface area contributed by atoms with Crippen LogP contribution < -0.4 is 5.32 Å². The maximum absolute atomic E-state index is 4.40. The minimum absolute atomic E-state index is 0.907. The second kappa shape index (κ2) is 5.71. The van der Waals surface area contributed by atoms with Gasteiger partial charge in [-0.25, -0.2) is 0 Å². The van der Waals surface area contributed by atoms with Crippen molar-refractivity contribution < 1.29 is 0 Å². The molecule has 0 fully saturated rings. The van der Waals surface area contributed by atoms with E-state index in [2.05, 4.69) is 37.0 Å². The highest BCUT2D eigenvalue weighted by atomic mass is 15.3. The summed E-state index contributed by atoms with van der Waals surface area (Å²) in [5.74, 6) is 0. The van der Waals surface area contributed by atoms with E-state index in [0.29, 0.717) is 0 Å². The van der Waals surface area contributed by atoms with E-state index in [4.69, 9.17) is 0 Å². The summed E-state index contributed by atoms with van der Waals surface area (Å²) in [5.41, 5.74) is 3.73. The molecule has 0 aliphatic heterocycles. The summed E-state index contributed by atoms with van der Waals surface area (Å²) in [6.45, 7) is 9.98. The Hall–Kier alpha value is -1.09. The summed E-state index contributed by atoms with van der Waals surface area (Å²) in [5, 5.41) is 7.81. The maximum Gasteiger partial charge on any atom is 0.0666 e. The quantitative estimate of drug-likeness (QED) is 0.571. The molecule has 0 spiro atoms. The predicted molar refractivity (Wildman–Crippen MR) is 63.7 cm³/mol. The van der Waals surface area contributed by atoms with Crippen LogP contribution in [0.1, 0.15) is 31.5 Å². The number of aromatic nitrogens is 2. The van der Waals surface area contributed by atoms with Gasteiger partial charge >= 0.3 is 0 Å². The zero-order valence-electron chi connectivity index (χ0n) is 10.0. The molecule has 15 heavy (non-hydrogen) atoms. The number of aryl methyl sites for hydroxylation is 2. The van der Waals surface area contributed by atoms with Crippen LogP contribution in [-0.4, -0.2) is 16.3 Å². The number of hydrogen-bond acceptors (Lipinski definition) is 2. The van der Waals surface area contributed by atoms with E-state index in [1.54, 1.807) is 0 Å². The van der Waals surface area contributed by atoms with Crippen LogP contribution in [0.15, 0.2) is 18.3 Å². The molecule has 0 aromatic carbocycles. The second-order valence-electron chi connectivity index (χ2n) is 4.01. The molecule has 3 heteroatoms. The van der Waals surface area contributed by atoms with Gasteiger partial charge in [0.05, 0.1) is 5.69 Å². The molecule has 1 aromatic heterocycles. The van der Waals surface area contributed by atoms with E-state index in [9.17, 15) is 0 Å². The van der Waals surface area contributed by atoms with E-state index >= 15 is 0 Å². The average Bonchev–Trinajstić information content (AvgIpc) is 2.53. The van der Waals surface area contributed by atoms with Gasteiger partial charge in [-0.15, -0.1) is 6.58 Å². The Bertz CT molecular complexity index is 326. The molecule has 0 saturated carbocycles. The van der Waals surface area contributed by atoms with Crippen LogP contribution in [0.3, 0.4) is 0 Å². The van der Waals surface area contributed by atoms with Crippen LogP contribution in [0.4, 0.5) is 0 Å². The maximum atomic E-state index is 4.40. The minimum atomic E-state index is 0.907. The number of nitrogens with zero attached hydrogens (tertiary/aromatic N) is 2. The first kappa shape index (κ1) is 12.0. The lowest BCUT2D eigenvalue weighted by atomic mass is 10.2. The minimum Gasteiger partial charge on any atom is -0.312 e. The fraction of sp³-hybridized carbons (Fsp3) is 0.583. The van der Waals surface area contributed by atoms with Crippen molar-refractivity contribution in [2.75, 3.05) is 6.54 Å². The van der Waals surface area contributed by atoms with E-state index in [0.717, 1.165) is 25.9 Å². The van der Waals surface area contributed by atoms with Crippen LogP contribution >= 0.6 is 0 Å². The third kappa shape index (κ3) is 3.88. The molecule has 0 radical (unpaired) electrons. The molecule has 0 bridgehead atoms. The summed E-state index contributed by atoms with van der Waals surface area (Å²) in [7, 11) is 1.97. The van der Waals surface area contributed by atoms with Gasteiger partial charge in [0.15, 0.2) is 0 Å². The summed E-state index contributed by atoms with van der Waals surface area (Å²) >= 11 is 0. The molecule has 0 aliphatic rings. The summed E-state index contributed by atoms with van der Waals surface area (Å²) in [6.07, 6.45) is 4.13. The molecule has 0 aliphatic carbocycles. The second-order valence-corrected chi connectivity index (χ2v) is 4.01. The number of hydrogen-bond donors (Lipinski definition) is 1. The molecule has 1 heterocycles. The normalized spacial score (nSPS) is 10.6. The summed E-state index contributed by atoms with van der Waals surface area (Å²) in [4.78, 5) is 0. The molecule has 84 valence electrons. The molecule has 0 saturated heterocycles. The number of rotatable bonds is 6. The largest absolute Gasteiger partial charge is 0.312 e. The van der Waals surface area contributed by atoms with Gasteiger partial charge in [0, 0.05) is 25.4 Å². The van der Waals surface area contributed by atoms with Crippen LogP contribution in [0.2, 0.25) is 0 Å². The topological polar surface area (TPSA) is 29.9 Å². The van der Waals surface area contributed by atoms with Crippen molar-refractivity contribution in [2.45, 2.75) is 33.2 Å². The van der Waals surface area contributed by atoms with Crippen molar-refractivity contribution in [2.24, 2.45) is 7.05 Å². The van der Waals surface area contributed by atoms with Crippen molar-refractivity contribution in [1.82, 2.24) is 15.1 Å². The summed E-state index contributed by atoms with van der Waals surface area (Å²) < 4.78 is 1.88. The van der Waals surface area contributed by atoms with Crippen molar-refractivity contribution in [3.63, 3.8) is 0 Å². The highest BCUT2D eigenvalue weighted by molar-refractivity contribution is 5.16. The Labute approximate surface area is 92.2 Å². The smallest absolute Gasteiger partial charge is 0.0666 e. The van der Waals surface area contributed by atoms with Gasteiger partial charge in [-0.2, -0.15) is 5.10 Å². The highest BCUT2D eigenvalue weighted by Gasteiger charge is 2.04. The zero-order valence-corrected chi connectivity index (χ0v) is 10.0. The molecule has 0 atom stereocenters. The van der Waals surface area contributed by atoms with Gasteiger partial charge in [0.1, 0.15) is 0 Å². The number of nitrogens with one attached hydrogen (secondary N) is 1. The lowest BCUT2D eigenvalue weighted by Gasteiger charge is -2.03. The van der Waals surface area contributed by atoms with Crippen LogP contribution in [0, 0.1) is 0 Å². The lowest BCUT2D eigenvalue weighted by Crippen LogP contribution is -2.15. The van der Waals surface area contributed by atoms with E-state index in [1.165, 1.54) is 16.8 Å². The van der Waals surface area contributed by atoms with Crippen molar-refractivity contribution in [3.05, 3.63) is 29.6 Å². The van der Waals surface area contributed by atoms with Crippen LogP contribution in [-0.2, 0) is 20.0 Å². The van der Waals surface area contributed by atoms with Gasteiger partial charge in [0.2, 0.25) is 0 Å². The SMILES string of the molecule is C=C(C)CCNCc1cn(C)nc1CC. The van der Waals surface area contributed by atoms with Gasteiger partial charge in [-0.3, -0.25) is 4.68 Å². The Balaban J connectivity index is 2.39. The fourth-order valence-corrected chi connectivity index (χ4v) is 1.55. The predicted octanol–water partition coefficient (Wildman–Crippen LogP) is 2.04. The Kier molecular flexibility index (Phi) is 4.56. The molecule has 1 aromatic rings. The first-order chi connectivity index (χ1) is 7.13. The van der Waals surface area contributed by atoms with Gasteiger partial charge in [-0.1, -0.05) is 12.5 Å². The summed E-state index contributed by atoms with van der Waals surface area (Å²) in [6, 6.07) is 0. The average molecular weight is 207 g/mol. The fourth-order valence-electron chi connectivity index (χ4n) is 1.55. The molecule has 1 N–H and O–H groups in total. The molecular formula is C12H21N3. The van der Waals surface area contributed by atoms with E-state index in [-0.39, 0.29) is 0 Å².